The fourth-order valence-corrected chi connectivity index (χ4v) is 5.56. The SMILES string of the molecule is Cc1ccc2sc(C(=O)NC3CCC(N4CC(COc5ccc(Cl)c(F)c5)OC4=O)CC3)nc2c1. The first kappa shape index (κ1) is 23.8. The molecule has 1 N–H and O–H groups in total. The summed E-state index contributed by atoms with van der Waals surface area (Å²) in [5.41, 5.74) is 1.96. The molecule has 7 nitrogen and oxygen atoms in total. The molecule has 184 valence electrons. The van der Waals surface area contributed by atoms with E-state index in [-0.39, 0.29) is 35.7 Å². The summed E-state index contributed by atoms with van der Waals surface area (Å²) in [6.45, 7) is 2.56. The number of hydrogen-bond donors (Lipinski definition) is 1. The standard InChI is InChI=1S/C25H25ClFN3O4S/c1-14-2-9-22-21(10-14)29-24(35-22)23(31)28-15-3-5-16(6-4-15)30-12-18(34-25(30)32)13-33-17-7-8-19(26)20(27)11-17/h2,7-11,15-16,18H,3-6,12-13H2,1H3,(H,28,31). The highest BCUT2D eigenvalue weighted by atomic mass is 35.5. The van der Waals surface area contributed by atoms with E-state index in [0.29, 0.717) is 17.3 Å². The molecule has 1 aliphatic heterocycles. The molecule has 2 heterocycles. The van der Waals surface area contributed by atoms with Gasteiger partial charge in [0.15, 0.2) is 11.1 Å². The van der Waals surface area contributed by atoms with Crippen LogP contribution in [0.25, 0.3) is 10.2 Å². The molecule has 0 radical (unpaired) electrons. The number of halogens is 2. The number of ether oxygens (including phenoxy) is 2. The third-order valence-electron chi connectivity index (χ3n) is 6.44. The van der Waals surface area contributed by atoms with E-state index in [2.05, 4.69) is 10.3 Å². The van der Waals surface area contributed by atoms with Crippen molar-refractivity contribution >= 4 is 45.2 Å². The molecule has 1 aromatic heterocycles. The van der Waals surface area contributed by atoms with Gasteiger partial charge < -0.3 is 19.7 Å². The summed E-state index contributed by atoms with van der Waals surface area (Å²) in [5.74, 6) is -0.374. The number of benzene rings is 2. The Labute approximate surface area is 211 Å². The van der Waals surface area contributed by atoms with E-state index in [9.17, 15) is 14.0 Å². The summed E-state index contributed by atoms with van der Waals surface area (Å²) in [6.07, 6.45) is 2.30. The second-order valence-electron chi connectivity index (χ2n) is 9.01. The van der Waals surface area contributed by atoms with Crippen LogP contribution >= 0.6 is 22.9 Å². The fourth-order valence-electron chi connectivity index (χ4n) is 4.60. The van der Waals surface area contributed by atoms with Crippen LogP contribution in [0, 0.1) is 12.7 Å². The van der Waals surface area contributed by atoms with Gasteiger partial charge in [-0.25, -0.2) is 14.2 Å². The molecule has 3 aromatic rings. The molecule has 35 heavy (non-hydrogen) atoms. The van der Waals surface area contributed by atoms with Crippen molar-refractivity contribution in [2.45, 2.75) is 50.8 Å². The number of aromatic nitrogens is 1. The Hall–Kier alpha value is -2.91. The average molecular weight is 518 g/mol. The highest BCUT2D eigenvalue weighted by Crippen LogP contribution is 2.29. The number of carbonyl (C=O) groups excluding carboxylic acids is 2. The van der Waals surface area contributed by atoms with Gasteiger partial charge in [0.2, 0.25) is 0 Å². The number of cyclic esters (lactones) is 1. The highest BCUT2D eigenvalue weighted by molar-refractivity contribution is 7.20. The van der Waals surface area contributed by atoms with Gasteiger partial charge in [-0.2, -0.15) is 0 Å². The number of nitrogens with one attached hydrogen (secondary N) is 1. The van der Waals surface area contributed by atoms with Crippen LogP contribution in [0.3, 0.4) is 0 Å². The molecule has 2 fully saturated rings. The van der Waals surface area contributed by atoms with Crippen molar-refractivity contribution in [1.82, 2.24) is 15.2 Å². The van der Waals surface area contributed by atoms with Crippen molar-refractivity contribution in [3.8, 4) is 5.75 Å². The molecule has 10 heteroatoms. The van der Waals surface area contributed by atoms with Gasteiger partial charge in [-0.1, -0.05) is 17.7 Å². The molecule has 2 aliphatic rings. The number of thiazole rings is 1. The van der Waals surface area contributed by atoms with Crippen molar-refractivity contribution in [3.05, 3.63) is 57.8 Å². The monoisotopic (exact) mass is 517 g/mol. The van der Waals surface area contributed by atoms with Crippen LogP contribution in [0.5, 0.6) is 5.75 Å². The zero-order chi connectivity index (χ0) is 24.5. The van der Waals surface area contributed by atoms with Crippen LogP contribution in [0.2, 0.25) is 5.02 Å². The summed E-state index contributed by atoms with van der Waals surface area (Å²) in [7, 11) is 0. The highest BCUT2D eigenvalue weighted by Gasteiger charge is 2.38. The molecule has 0 spiro atoms. The van der Waals surface area contributed by atoms with Crippen LogP contribution in [0.15, 0.2) is 36.4 Å². The molecule has 2 aromatic carbocycles. The van der Waals surface area contributed by atoms with Gasteiger partial charge in [-0.15, -0.1) is 11.3 Å². The molecule has 1 saturated heterocycles. The first-order valence-electron chi connectivity index (χ1n) is 11.6. The maximum Gasteiger partial charge on any atom is 0.410 e. The largest absolute Gasteiger partial charge is 0.490 e. The lowest BCUT2D eigenvalue weighted by Gasteiger charge is -2.33. The molecule has 5 rings (SSSR count). The van der Waals surface area contributed by atoms with E-state index in [4.69, 9.17) is 21.1 Å². The van der Waals surface area contributed by atoms with E-state index in [1.165, 1.54) is 23.5 Å². The second kappa shape index (κ2) is 9.99. The molecular formula is C25H25ClFN3O4S. The second-order valence-corrected chi connectivity index (χ2v) is 10.5. The van der Waals surface area contributed by atoms with Crippen molar-refractivity contribution in [2.75, 3.05) is 13.2 Å². The first-order chi connectivity index (χ1) is 16.9. The zero-order valence-electron chi connectivity index (χ0n) is 19.1. The van der Waals surface area contributed by atoms with E-state index in [0.717, 1.165) is 41.5 Å². The molecule has 1 unspecified atom stereocenters. The number of amides is 2. The summed E-state index contributed by atoms with van der Waals surface area (Å²) in [5, 5.41) is 3.60. The Bertz CT molecular complexity index is 1260. The smallest absolute Gasteiger partial charge is 0.410 e. The lowest BCUT2D eigenvalue weighted by atomic mass is 9.90. The van der Waals surface area contributed by atoms with Gasteiger partial charge in [0.25, 0.3) is 5.91 Å². The molecule has 0 bridgehead atoms. The van der Waals surface area contributed by atoms with Gasteiger partial charge in [-0.05, 0) is 62.4 Å². The zero-order valence-corrected chi connectivity index (χ0v) is 20.7. The van der Waals surface area contributed by atoms with Crippen molar-refractivity contribution in [2.24, 2.45) is 0 Å². The quantitative estimate of drug-likeness (QED) is 0.477. The third kappa shape index (κ3) is 5.36. The maximum absolute atomic E-state index is 13.6. The van der Waals surface area contributed by atoms with Crippen LogP contribution in [-0.4, -0.2) is 53.2 Å². The molecule has 1 saturated carbocycles. The van der Waals surface area contributed by atoms with Gasteiger partial charge in [0, 0.05) is 18.2 Å². The number of rotatable bonds is 6. The summed E-state index contributed by atoms with van der Waals surface area (Å²) >= 11 is 7.09. The third-order valence-corrected chi connectivity index (χ3v) is 7.78. The first-order valence-corrected chi connectivity index (χ1v) is 12.8. The fraction of sp³-hybridized carbons (Fsp3) is 0.400. The van der Waals surface area contributed by atoms with Crippen LogP contribution in [0.4, 0.5) is 9.18 Å². The number of nitrogens with zero attached hydrogens (tertiary/aromatic N) is 2. The van der Waals surface area contributed by atoms with Crippen LogP contribution in [-0.2, 0) is 4.74 Å². The van der Waals surface area contributed by atoms with E-state index in [1.54, 1.807) is 11.0 Å². The van der Waals surface area contributed by atoms with E-state index >= 15 is 0 Å². The average Bonchev–Trinajstić information content (AvgIpc) is 3.43. The van der Waals surface area contributed by atoms with Crippen molar-refractivity contribution in [1.29, 1.82) is 0 Å². The summed E-state index contributed by atoms with van der Waals surface area (Å²) in [6, 6.07) is 10.3. The molecule has 2 amide bonds. The lowest BCUT2D eigenvalue weighted by Crippen LogP contribution is -2.44. The predicted molar refractivity (Wildman–Crippen MR) is 132 cm³/mol. The Kier molecular flexibility index (Phi) is 6.80. The Morgan fingerprint density at radius 3 is 2.83 bits per heavy atom. The van der Waals surface area contributed by atoms with Gasteiger partial charge >= 0.3 is 6.09 Å². The number of hydrogen-bond acceptors (Lipinski definition) is 6. The minimum Gasteiger partial charge on any atom is -0.490 e. The lowest BCUT2D eigenvalue weighted by molar-refractivity contribution is 0.0904. The topological polar surface area (TPSA) is 80.8 Å². The predicted octanol–water partition coefficient (Wildman–Crippen LogP) is 5.34. The maximum atomic E-state index is 13.6. The summed E-state index contributed by atoms with van der Waals surface area (Å²) < 4.78 is 25.6. The van der Waals surface area contributed by atoms with E-state index < -0.39 is 11.9 Å². The van der Waals surface area contributed by atoms with Crippen molar-refractivity contribution in [3.63, 3.8) is 0 Å². The van der Waals surface area contributed by atoms with Crippen LogP contribution < -0.4 is 10.1 Å². The molecular weight excluding hydrogens is 493 g/mol. The number of fused-ring (bicyclic) bond motifs is 1. The minimum atomic E-state index is -0.559. The Morgan fingerprint density at radius 2 is 2.06 bits per heavy atom. The van der Waals surface area contributed by atoms with E-state index in [1.807, 2.05) is 25.1 Å². The minimum absolute atomic E-state index is 0.0257. The normalized spacial score (nSPS) is 22.3. The van der Waals surface area contributed by atoms with Gasteiger partial charge in [0.05, 0.1) is 21.8 Å². The number of carbonyl (C=O) groups is 2. The van der Waals surface area contributed by atoms with Gasteiger partial charge in [-0.3, -0.25) is 4.79 Å². The molecule has 1 atom stereocenters. The van der Waals surface area contributed by atoms with Gasteiger partial charge in [0.1, 0.15) is 18.2 Å². The Morgan fingerprint density at radius 1 is 1.26 bits per heavy atom. The van der Waals surface area contributed by atoms with Crippen molar-refractivity contribution < 1.29 is 23.5 Å². The molecule has 1 aliphatic carbocycles. The summed E-state index contributed by atoms with van der Waals surface area (Å²) in [4.78, 5) is 31.4. The number of aryl methyl sites for hydroxylation is 1. The Balaban J connectivity index is 1.10. The van der Waals surface area contributed by atoms with Crippen LogP contribution in [0.1, 0.15) is 41.0 Å².